The van der Waals surface area contributed by atoms with E-state index in [9.17, 15) is 22.8 Å². The predicted molar refractivity (Wildman–Crippen MR) is 118 cm³/mol. The van der Waals surface area contributed by atoms with Crippen LogP contribution in [0.1, 0.15) is 66.9 Å². The Morgan fingerprint density at radius 2 is 1.71 bits per heavy atom. The molecule has 0 aliphatic rings. The van der Waals surface area contributed by atoms with Crippen molar-refractivity contribution in [3.8, 4) is 11.5 Å². The van der Waals surface area contributed by atoms with E-state index in [-0.39, 0.29) is 30.6 Å². The fourth-order valence-corrected chi connectivity index (χ4v) is 3.42. The Morgan fingerprint density at radius 3 is 2.26 bits per heavy atom. The Balaban J connectivity index is 1.67. The van der Waals surface area contributed by atoms with Crippen LogP contribution in [0.15, 0.2) is 52.9 Å². The Bertz CT molecular complexity index is 1110. The van der Waals surface area contributed by atoms with Crippen LogP contribution in [0.25, 0.3) is 11.5 Å². The number of carbonyl (C=O) groups excluding carboxylic acids is 1. The topological polar surface area (TPSA) is 105 Å². The lowest BCUT2D eigenvalue weighted by Crippen LogP contribution is -2.11. The Labute approximate surface area is 194 Å². The lowest BCUT2D eigenvalue weighted by Gasteiger charge is -2.20. The molecule has 10 heteroatoms. The highest BCUT2D eigenvalue weighted by Crippen LogP contribution is 2.31. The first-order valence-electron chi connectivity index (χ1n) is 10.8. The number of carboxylic acid groups (broad SMARTS) is 1. The van der Waals surface area contributed by atoms with Gasteiger partial charge in [-0.15, -0.1) is 10.2 Å². The number of benzene rings is 2. The van der Waals surface area contributed by atoms with Gasteiger partial charge >= 0.3 is 18.0 Å². The second-order valence-corrected chi connectivity index (χ2v) is 7.77. The molecular formula is C24H24F3N3O4. The summed E-state index contributed by atoms with van der Waals surface area (Å²) in [5, 5.41) is 18.6. The average molecular weight is 475 g/mol. The Kier molecular flexibility index (Phi) is 8.04. The monoisotopic (exact) mass is 475 g/mol. The smallest absolute Gasteiger partial charge is 0.470 e. The van der Waals surface area contributed by atoms with E-state index in [1.807, 2.05) is 6.92 Å². The second-order valence-electron chi connectivity index (χ2n) is 7.77. The molecule has 3 aromatic rings. The van der Waals surface area contributed by atoms with E-state index in [0.29, 0.717) is 17.5 Å². The summed E-state index contributed by atoms with van der Waals surface area (Å²) in [5.74, 6) is -2.63. The minimum Gasteiger partial charge on any atom is -0.481 e. The number of alkyl halides is 3. The van der Waals surface area contributed by atoms with Crippen LogP contribution in [0, 0.1) is 0 Å². The summed E-state index contributed by atoms with van der Waals surface area (Å²) in [5.41, 5.74) is 2.63. The van der Waals surface area contributed by atoms with Crippen molar-refractivity contribution >= 4 is 17.4 Å². The fourth-order valence-electron chi connectivity index (χ4n) is 3.42. The van der Waals surface area contributed by atoms with E-state index >= 15 is 0 Å². The standard InChI is InChI=1S/C24H24F3N3O4/c1-2-4-19(28-18-13-11-16(12-14-18)20(31)5-3-6-21(32)33)15-7-9-17(10-8-15)22-29-30-23(34-22)24(25,26)27/h7-14,19,28H,2-6H2,1H3,(H,32,33). The largest absolute Gasteiger partial charge is 0.481 e. The number of aliphatic carboxylic acids is 1. The van der Waals surface area contributed by atoms with Crippen molar-refractivity contribution in [2.75, 3.05) is 5.32 Å². The average Bonchev–Trinajstić information content (AvgIpc) is 3.30. The zero-order valence-electron chi connectivity index (χ0n) is 18.4. The number of carboxylic acids is 1. The van der Waals surface area contributed by atoms with E-state index in [1.165, 1.54) is 0 Å². The van der Waals surface area contributed by atoms with Crippen LogP contribution in [0.3, 0.4) is 0 Å². The van der Waals surface area contributed by atoms with Gasteiger partial charge in [0, 0.05) is 29.7 Å². The summed E-state index contributed by atoms with van der Waals surface area (Å²) < 4.78 is 42.8. The molecule has 1 unspecified atom stereocenters. The number of Topliss-reactive ketones (excluding diaryl/α,β-unsaturated/α-hetero) is 1. The van der Waals surface area contributed by atoms with Gasteiger partial charge in [0.2, 0.25) is 5.89 Å². The number of ketones is 1. The zero-order chi connectivity index (χ0) is 24.7. The maximum atomic E-state index is 12.7. The SMILES string of the molecule is CCCC(Nc1ccc(C(=O)CCCC(=O)O)cc1)c1ccc(-c2nnc(C(F)(F)F)o2)cc1. The molecule has 180 valence electrons. The fraction of sp³-hybridized carbons (Fsp3) is 0.333. The first kappa shape index (κ1) is 24.9. The molecule has 7 nitrogen and oxygen atoms in total. The number of nitrogens with one attached hydrogen (secondary N) is 1. The summed E-state index contributed by atoms with van der Waals surface area (Å²) in [6.45, 7) is 2.04. The van der Waals surface area contributed by atoms with E-state index in [0.717, 1.165) is 24.1 Å². The molecule has 34 heavy (non-hydrogen) atoms. The summed E-state index contributed by atoms with van der Waals surface area (Å²) in [7, 11) is 0. The molecule has 1 atom stereocenters. The molecule has 2 aromatic carbocycles. The third-order valence-electron chi connectivity index (χ3n) is 5.15. The number of hydrogen-bond donors (Lipinski definition) is 2. The lowest BCUT2D eigenvalue weighted by atomic mass is 10.00. The first-order chi connectivity index (χ1) is 16.2. The van der Waals surface area contributed by atoms with Crippen LogP contribution in [0.2, 0.25) is 0 Å². The van der Waals surface area contributed by atoms with Gasteiger partial charge in [-0.1, -0.05) is 25.5 Å². The van der Waals surface area contributed by atoms with Gasteiger partial charge in [-0.25, -0.2) is 0 Å². The maximum Gasteiger partial charge on any atom is 0.470 e. The van der Waals surface area contributed by atoms with E-state index in [4.69, 9.17) is 9.52 Å². The lowest BCUT2D eigenvalue weighted by molar-refractivity contribution is -0.157. The molecule has 0 saturated carbocycles. The number of nitrogens with zero attached hydrogens (tertiary/aromatic N) is 2. The van der Waals surface area contributed by atoms with Crippen molar-refractivity contribution in [2.45, 2.75) is 51.2 Å². The van der Waals surface area contributed by atoms with Gasteiger partial charge in [0.15, 0.2) is 5.78 Å². The zero-order valence-corrected chi connectivity index (χ0v) is 18.4. The molecule has 1 aromatic heterocycles. The Morgan fingerprint density at radius 1 is 1.03 bits per heavy atom. The van der Waals surface area contributed by atoms with Crippen molar-refractivity contribution in [1.82, 2.24) is 10.2 Å². The molecule has 3 rings (SSSR count). The summed E-state index contributed by atoms with van der Waals surface area (Å²) in [6.07, 6.45) is -2.58. The van der Waals surface area contributed by atoms with Crippen LogP contribution in [-0.4, -0.2) is 27.1 Å². The highest BCUT2D eigenvalue weighted by Gasteiger charge is 2.38. The Hall–Kier alpha value is -3.69. The molecule has 0 radical (unpaired) electrons. The molecule has 0 spiro atoms. The molecule has 0 bridgehead atoms. The molecule has 0 aliphatic heterocycles. The van der Waals surface area contributed by atoms with Crippen LogP contribution >= 0.6 is 0 Å². The van der Waals surface area contributed by atoms with E-state index in [2.05, 4.69) is 15.5 Å². The van der Waals surface area contributed by atoms with Crippen molar-refractivity contribution in [3.05, 3.63) is 65.5 Å². The van der Waals surface area contributed by atoms with Crippen molar-refractivity contribution in [3.63, 3.8) is 0 Å². The number of anilines is 1. The molecular weight excluding hydrogens is 451 g/mol. The predicted octanol–water partition coefficient (Wildman–Crippen LogP) is 6.15. The van der Waals surface area contributed by atoms with Gasteiger partial charge in [-0.2, -0.15) is 13.2 Å². The minimum absolute atomic E-state index is 0.0428. The van der Waals surface area contributed by atoms with E-state index < -0.39 is 18.0 Å². The van der Waals surface area contributed by atoms with Crippen molar-refractivity contribution in [2.24, 2.45) is 0 Å². The second kappa shape index (κ2) is 11.0. The number of carbonyl (C=O) groups is 2. The van der Waals surface area contributed by atoms with Gasteiger partial charge in [0.1, 0.15) is 0 Å². The highest BCUT2D eigenvalue weighted by molar-refractivity contribution is 5.96. The van der Waals surface area contributed by atoms with Gasteiger partial charge in [0.25, 0.3) is 0 Å². The van der Waals surface area contributed by atoms with Crippen molar-refractivity contribution < 1.29 is 32.3 Å². The molecule has 0 aliphatic carbocycles. The van der Waals surface area contributed by atoms with Gasteiger partial charge in [-0.3, -0.25) is 9.59 Å². The van der Waals surface area contributed by atoms with Crippen LogP contribution < -0.4 is 5.32 Å². The van der Waals surface area contributed by atoms with Crippen LogP contribution in [-0.2, 0) is 11.0 Å². The molecule has 0 fully saturated rings. The first-order valence-corrected chi connectivity index (χ1v) is 10.8. The molecule has 1 heterocycles. The third kappa shape index (κ3) is 6.66. The third-order valence-corrected chi connectivity index (χ3v) is 5.15. The normalized spacial score (nSPS) is 12.4. The van der Waals surface area contributed by atoms with Crippen LogP contribution in [0.5, 0.6) is 0 Å². The number of rotatable bonds is 11. The van der Waals surface area contributed by atoms with Gasteiger partial charge in [0.05, 0.1) is 6.04 Å². The van der Waals surface area contributed by atoms with Gasteiger partial charge in [-0.05, 0) is 54.8 Å². The van der Waals surface area contributed by atoms with E-state index in [1.54, 1.807) is 48.5 Å². The summed E-state index contributed by atoms with van der Waals surface area (Å²) in [6, 6.07) is 13.8. The molecule has 0 amide bonds. The number of halogens is 3. The van der Waals surface area contributed by atoms with Gasteiger partial charge < -0.3 is 14.8 Å². The number of aromatic nitrogens is 2. The summed E-state index contributed by atoms with van der Waals surface area (Å²) in [4.78, 5) is 22.8. The molecule has 0 saturated heterocycles. The summed E-state index contributed by atoms with van der Waals surface area (Å²) >= 11 is 0. The molecule has 2 N–H and O–H groups in total. The van der Waals surface area contributed by atoms with Crippen LogP contribution in [0.4, 0.5) is 18.9 Å². The van der Waals surface area contributed by atoms with Crippen molar-refractivity contribution in [1.29, 1.82) is 0 Å². The minimum atomic E-state index is -4.69. The quantitative estimate of drug-likeness (QED) is 0.321. The highest BCUT2D eigenvalue weighted by atomic mass is 19.4. The maximum absolute atomic E-state index is 12.7. The number of hydrogen-bond acceptors (Lipinski definition) is 6.